The first kappa shape index (κ1) is 51.1. The van der Waals surface area contributed by atoms with Crippen molar-refractivity contribution < 1.29 is 42.8 Å². The third kappa shape index (κ3) is 14.0. The average Bonchev–Trinajstić information content (AvgIpc) is 3.74. The standard InChI is InChI=1S/C24H27N3O5S.C23H25N3O4S.CH4/c1-4-30-20-14-16(6-11-19(20)32-13-12-25)15-21-22(28)27(3)24(33-21)26-18-9-7-17(8-10-18)23(29)31-5-2;1-4-26-22(27)21(31-23(26)25-17-7-9-18(28-3)10-8-17)15-16-6-11-19(30-13-12-24)20(14-16)29-5-2;/h6-11,14-15H,4-5,12-13,25H2,1-3H3;6-12,14-15,24H,4-5,13H2,1-3H3;1H4/b21-15-,26-24?;21-15-,24-12?,25-23?;. The van der Waals surface area contributed by atoms with E-state index in [2.05, 4.69) is 9.98 Å². The molecule has 344 valence electrons. The van der Waals surface area contributed by atoms with Crippen molar-refractivity contribution in [2.24, 2.45) is 15.7 Å². The highest BCUT2D eigenvalue weighted by Gasteiger charge is 2.33. The molecule has 15 nitrogen and oxygen atoms in total. The van der Waals surface area contributed by atoms with E-state index in [9.17, 15) is 14.4 Å². The normalized spacial score (nSPS) is 15.7. The van der Waals surface area contributed by atoms with Crippen molar-refractivity contribution in [2.75, 3.05) is 60.3 Å². The van der Waals surface area contributed by atoms with Crippen LogP contribution in [0.3, 0.4) is 0 Å². The molecule has 0 unspecified atom stereocenters. The monoisotopic (exact) mass is 924 g/mol. The Morgan fingerprint density at radius 2 is 1.25 bits per heavy atom. The van der Waals surface area contributed by atoms with Gasteiger partial charge in [-0.15, -0.1) is 0 Å². The molecular formula is C48H56N6O9S2. The zero-order valence-corrected chi connectivity index (χ0v) is 38.3. The molecule has 2 amide bonds. The predicted molar refractivity (Wildman–Crippen MR) is 262 cm³/mol. The zero-order valence-electron chi connectivity index (χ0n) is 36.6. The van der Waals surface area contributed by atoms with Gasteiger partial charge >= 0.3 is 5.97 Å². The lowest BCUT2D eigenvalue weighted by Gasteiger charge is -2.12. The highest BCUT2D eigenvalue weighted by atomic mass is 32.2. The molecule has 0 atom stereocenters. The molecule has 0 radical (unpaired) electrons. The third-order valence-corrected chi connectivity index (χ3v) is 11.0. The second-order valence-electron chi connectivity index (χ2n) is 13.3. The van der Waals surface area contributed by atoms with E-state index >= 15 is 0 Å². The lowest BCUT2D eigenvalue weighted by molar-refractivity contribution is -0.122. The largest absolute Gasteiger partial charge is 0.497 e. The summed E-state index contributed by atoms with van der Waals surface area (Å²) in [7, 11) is 3.29. The third-order valence-electron chi connectivity index (χ3n) is 8.94. The molecule has 4 aromatic carbocycles. The van der Waals surface area contributed by atoms with Gasteiger partial charge in [-0.05, 0) is 147 Å². The smallest absolute Gasteiger partial charge is 0.338 e. The summed E-state index contributed by atoms with van der Waals surface area (Å²) >= 11 is 2.62. The van der Waals surface area contributed by atoms with Crippen molar-refractivity contribution in [3.05, 3.63) is 111 Å². The number of likely N-dealkylation sites (N-methyl/N-ethyl adjacent to an activating group) is 2. The van der Waals surface area contributed by atoms with Crippen LogP contribution in [0, 0.1) is 5.41 Å². The van der Waals surface area contributed by atoms with Gasteiger partial charge in [0.1, 0.15) is 19.0 Å². The molecule has 17 heteroatoms. The number of amidine groups is 2. The number of nitrogens with two attached hydrogens (primary N) is 1. The molecule has 2 aliphatic heterocycles. The topological polar surface area (TPSA) is 188 Å². The second kappa shape index (κ2) is 25.7. The van der Waals surface area contributed by atoms with Gasteiger partial charge in [0.25, 0.3) is 11.8 Å². The number of thioether (sulfide) groups is 2. The van der Waals surface area contributed by atoms with Gasteiger partial charge in [0.15, 0.2) is 33.3 Å². The Hall–Kier alpha value is -6.56. The summed E-state index contributed by atoms with van der Waals surface area (Å²) in [6.45, 7) is 10.2. The Balaban J connectivity index is 0.000000281. The molecule has 0 spiro atoms. The molecule has 0 saturated carbocycles. The van der Waals surface area contributed by atoms with Crippen molar-refractivity contribution >= 4 is 81.4 Å². The number of methoxy groups -OCH3 is 1. The molecule has 2 aliphatic rings. The Bertz CT molecular complexity index is 2400. The Labute approximate surface area is 389 Å². The maximum Gasteiger partial charge on any atom is 0.338 e. The summed E-state index contributed by atoms with van der Waals surface area (Å²) in [6, 6.07) is 25.1. The van der Waals surface area contributed by atoms with Gasteiger partial charge in [-0.3, -0.25) is 19.4 Å². The van der Waals surface area contributed by atoms with Gasteiger partial charge in [-0.25, -0.2) is 14.8 Å². The number of amides is 2. The first-order valence-corrected chi connectivity index (χ1v) is 22.1. The number of carbonyl (C=O) groups is 3. The van der Waals surface area contributed by atoms with E-state index in [4.69, 9.17) is 39.6 Å². The molecule has 0 bridgehead atoms. The first-order chi connectivity index (χ1) is 31.0. The van der Waals surface area contributed by atoms with Gasteiger partial charge in [0.2, 0.25) is 0 Å². The van der Waals surface area contributed by atoms with E-state index in [1.165, 1.54) is 34.6 Å². The van der Waals surface area contributed by atoms with Crippen LogP contribution in [-0.2, 0) is 14.3 Å². The van der Waals surface area contributed by atoms with Crippen LogP contribution >= 0.6 is 23.5 Å². The minimum Gasteiger partial charge on any atom is -0.497 e. The van der Waals surface area contributed by atoms with Gasteiger partial charge in [-0.1, -0.05) is 19.6 Å². The van der Waals surface area contributed by atoms with E-state index in [0.29, 0.717) is 93.9 Å². The minimum atomic E-state index is -0.379. The molecule has 0 aromatic heterocycles. The van der Waals surface area contributed by atoms with Gasteiger partial charge in [-0.2, -0.15) is 0 Å². The molecule has 6 rings (SSSR count). The van der Waals surface area contributed by atoms with Crippen LogP contribution in [0.15, 0.2) is 105 Å². The van der Waals surface area contributed by atoms with E-state index in [1.54, 1.807) is 68.5 Å². The molecular weight excluding hydrogens is 869 g/mol. The van der Waals surface area contributed by atoms with Crippen LogP contribution in [0.5, 0.6) is 28.7 Å². The number of hydrogen-bond donors (Lipinski definition) is 2. The van der Waals surface area contributed by atoms with Crippen LogP contribution < -0.4 is 29.4 Å². The van der Waals surface area contributed by atoms with Gasteiger partial charge in [0, 0.05) is 26.4 Å². The van der Waals surface area contributed by atoms with E-state index in [0.717, 1.165) is 22.6 Å². The number of ether oxygens (including phenoxy) is 6. The van der Waals surface area contributed by atoms with Crippen LogP contribution in [0.4, 0.5) is 11.4 Å². The molecule has 2 heterocycles. The van der Waals surface area contributed by atoms with Crippen LogP contribution in [0.2, 0.25) is 0 Å². The summed E-state index contributed by atoms with van der Waals surface area (Å²) in [6.07, 6.45) is 4.81. The summed E-state index contributed by atoms with van der Waals surface area (Å²) in [4.78, 5) is 51.0. The number of benzene rings is 4. The fourth-order valence-electron chi connectivity index (χ4n) is 5.89. The average molecular weight is 925 g/mol. The number of aliphatic imine (C=N–C) groups is 2. The summed E-state index contributed by atoms with van der Waals surface area (Å²) in [5.74, 6) is 2.49. The van der Waals surface area contributed by atoms with Crippen molar-refractivity contribution in [1.29, 1.82) is 5.41 Å². The molecule has 2 fully saturated rings. The minimum absolute atomic E-state index is 0. The predicted octanol–water partition coefficient (Wildman–Crippen LogP) is 9.22. The van der Waals surface area contributed by atoms with Crippen LogP contribution in [0.1, 0.15) is 56.6 Å². The number of nitrogens with zero attached hydrogens (tertiary/aromatic N) is 4. The van der Waals surface area contributed by atoms with Crippen LogP contribution in [0.25, 0.3) is 12.2 Å². The van der Waals surface area contributed by atoms with Crippen molar-refractivity contribution in [3.63, 3.8) is 0 Å². The van der Waals surface area contributed by atoms with Crippen molar-refractivity contribution in [2.45, 2.75) is 35.1 Å². The molecule has 3 N–H and O–H groups in total. The van der Waals surface area contributed by atoms with E-state index < -0.39 is 0 Å². The SMILES string of the molecule is C.CCOC(=O)c1ccc(N=C2S/C(=C\c3ccc(OCCN)c(OCC)c3)C(=O)N2C)cc1.CCOc1cc(/C=C2\SC(=Nc3ccc(OC)cc3)N(CC)C2=O)ccc1OCC=N. The van der Waals surface area contributed by atoms with Crippen molar-refractivity contribution in [3.8, 4) is 28.7 Å². The zero-order chi connectivity index (χ0) is 46.0. The maximum absolute atomic E-state index is 12.9. The number of nitrogens with one attached hydrogen (secondary N) is 1. The quantitative estimate of drug-likeness (QED) is 0.0548. The second-order valence-corrected chi connectivity index (χ2v) is 15.3. The molecule has 4 aromatic rings. The fraction of sp³-hybridized carbons (Fsp3) is 0.292. The molecule has 65 heavy (non-hydrogen) atoms. The Morgan fingerprint density at radius 1 is 0.708 bits per heavy atom. The van der Waals surface area contributed by atoms with Crippen molar-refractivity contribution in [1.82, 2.24) is 9.80 Å². The summed E-state index contributed by atoms with van der Waals surface area (Å²) in [5, 5.41) is 8.32. The number of carbonyl (C=O) groups excluding carboxylic acids is 3. The highest BCUT2D eigenvalue weighted by molar-refractivity contribution is 8.19. The first-order valence-electron chi connectivity index (χ1n) is 20.5. The maximum atomic E-state index is 12.9. The Kier molecular flexibility index (Phi) is 20.2. The Morgan fingerprint density at radius 3 is 1.77 bits per heavy atom. The highest BCUT2D eigenvalue weighted by Crippen LogP contribution is 2.37. The fourth-order valence-corrected chi connectivity index (χ4v) is 7.94. The summed E-state index contributed by atoms with van der Waals surface area (Å²) in [5.41, 5.74) is 8.98. The number of esters is 1. The number of rotatable bonds is 18. The molecule has 2 saturated heterocycles. The lowest BCUT2D eigenvalue weighted by Crippen LogP contribution is -2.28. The summed E-state index contributed by atoms with van der Waals surface area (Å²) < 4.78 is 32.7. The van der Waals surface area contributed by atoms with Gasteiger partial charge < -0.3 is 39.6 Å². The van der Waals surface area contributed by atoms with E-state index in [1.807, 2.05) is 75.4 Å². The van der Waals surface area contributed by atoms with E-state index in [-0.39, 0.29) is 31.8 Å². The molecule has 0 aliphatic carbocycles. The number of hydrogen-bond acceptors (Lipinski definition) is 15. The van der Waals surface area contributed by atoms with Gasteiger partial charge in [0.05, 0.1) is 53.7 Å². The lowest BCUT2D eigenvalue weighted by atomic mass is 10.2. The van der Waals surface area contributed by atoms with Crippen LogP contribution in [-0.4, -0.2) is 104 Å².